The van der Waals surface area contributed by atoms with Gasteiger partial charge in [0.05, 0.1) is 0 Å². The average molecular weight is 160 g/mol. The van der Waals surface area contributed by atoms with Gasteiger partial charge in [-0.2, -0.15) is 0 Å². The van der Waals surface area contributed by atoms with Crippen molar-refractivity contribution in [3.05, 3.63) is 11.1 Å². The van der Waals surface area contributed by atoms with Crippen LogP contribution in [-0.4, -0.2) is 0 Å². The first-order valence-electron chi connectivity index (χ1n) is 4.21. The van der Waals surface area contributed by atoms with Gasteiger partial charge in [-0.15, -0.1) is 12.8 Å². The molecule has 0 atom stereocenters. The SMILES string of the molecule is C#C/C(=C(/C#C)C(C)C)C(C)C. The van der Waals surface area contributed by atoms with Gasteiger partial charge in [0, 0.05) is 11.1 Å². The van der Waals surface area contributed by atoms with Crippen molar-refractivity contribution in [1.82, 2.24) is 0 Å². The van der Waals surface area contributed by atoms with E-state index in [0.29, 0.717) is 11.8 Å². The molecule has 0 aromatic carbocycles. The van der Waals surface area contributed by atoms with Gasteiger partial charge in [-0.05, 0) is 11.8 Å². The molecular weight excluding hydrogens is 144 g/mol. The number of rotatable bonds is 2. The van der Waals surface area contributed by atoms with Crippen molar-refractivity contribution < 1.29 is 0 Å². The molecule has 0 heteroatoms. The lowest BCUT2D eigenvalue weighted by molar-refractivity contribution is 0.732. The van der Waals surface area contributed by atoms with E-state index in [0.717, 1.165) is 11.1 Å². The Morgan fingerprint density at radius 3 is 1.17 bits per heavy atom. The van der Waals surface area contributed by atoms with Crippen molar-refractivity contribution in [2.45, 2.75) is 27.7 Å². The standard InChI is InChI=1S/C12H16/c1-7-11(9(3)4)12(8-2)10(5)6/h1-2,9-10H,3-6H3/b12-11+. The smallest absolute Gasteiger partial charge is 0.0161 e. The highest BCUT2D eigenvalue weighted by atomic mass is 14.1. The summed E-state index contributed by atoms with van der Waals surface area (Å²) in [7, 11) is 0. The summed E-state index contributed by atoms with van der Waals surface area (Å²) in [6.45, 7) is 8.26. The number of terminal acetylenes is 2. The number of allylic oxidation sites excluding steroid dienone is 2. The van der Waals surface area contributed by atoms with Gasteiger partial charge >= 0.3 is 0 Å². The molecule has 0 fully saturated rings. The third-order valence-electron chi connectivity index (χ3n) is 1.76. The minimum Gasteiger partial charge on any atom is -0.115 e. The summed E-state index contributed by atoms with van der Waals surface area (Å²) >= 11 is 0. The lowest BCUT2D eigenvalue weighted by Gasteiger charge is -2.11. The first-order chi connectivity index (χ1) is 5.54. The van der Waals surface area contributed by atoms with Crippen molar-refractivity contribution in [2.24, 2.45) is 11.8 Å². The molecule has 0 saturated carbocycles. The molecule has 0 saturated heterocycles. The third-order valence-corrected chi connectivity index (χ3v) is 1.76. The van der Waals surface area contributed by atoms with E-state index in [1.165, 1.54) is 0 Å². The Hall–Kier alpha value is -1.14. The zero-order valence-corrected chi connectivity index (χ0v) is 8.31. The van der Waals surface area contributed by atoms with E-state index >= 15 is 0 Å². The van der Waals surface area contributed by atoms with Crippen LogP contribution in [0.3, 0.4) is 0 Å². The van der Waals surface area contributed by atoms with Crippen molar-refractivity contribution in [3.8, 4) is 24.7 Å². The van der Waals surface area contributed by atoms with Crippen LogP contribution < -0.4 is 0 Å². The lowest BCUT2D eigenvalue weighted by atomic mass is 9.91. The lowest BCUT2D eigenvalue weighted by Crippen LogP contribution is -2.01. The summed E-state index contributed by atoms with van der Waals surface area (Å²) in [6.07, 6.45) is 10.8. The first kappa shape index (κ1) is 10.9. The second kappa shape index (κ2) is 4.68. The second-order valence-electron chi connectivity index (χ2n) is 3.43. The predicted octanol–water partition coefficient (Wildman–Crippen LogP) is 2.86. The summed E-state index contributed by atoms with van der Waals surface area (Å²) in [4.78, 5) is 0. The molecule has 0 N–H and O–H groups in total. The van der Waals surface area contributed by atoms with E-state index in [9.17, 15) is 0 Å². The zero-order valence-electron chi connectivity index (χ0n) is 8.31. The summed E-state index contributed by atoms with van der Waals surface area (Å²) < 4.78 is 0. The van der Waals surface area contributed by atoms with Crippen molar-refractivity contribution in [3.63, 3.8) is 0 Å². The molecule has 0 aromatic heterocycles. The molecule has 64 valence electrons. The van der Waals surface area contributed by atoms with E-state index in [1.807, 2.05) is 0 Å². The van der Waals surface area contributed by atoms with Gasteiger partial charge < -0.3 is 0 Å². The zero-order chi connectivity index (χ0) is 9.72. The fraction of sp³-hybridized carbons (Fsp3) is 0.500. The maximum absolute atomic E-state index is 5.38. The Bertz CT molecular complexity index is 223. The fourth-order valence-electron chi connectivity index (χ4n) is 1.11. The molecule has 0 aliphatic heterocycles. The van der Waals surface area contributed by atoms with Crippen molar-refractivity contribution in [1.29, 1.82) is 0 Å². The molecule has 0 aliphatic carbocycles. The molecule has 0 unspecified atom stereocenters. The Kier molecular flexibility index (Phi) is 4.24. The first-order valence-corrected chi connectivity index (χ1v) is 4.21. The molecule has 0 nitrogen and oxygen atoms in total. The Balaban J connectivity index is 5.10. The largest absolute Gasteiger partial charge is 0.115 e. The van der Waals surface area contributed by atoms with Gasteiger partial charge in [-0.25, -0.2) is 0 Å². The molecule has 0 bridgehead atoms. The van der Waals surface area contributed by atoms with Gasteiger partial charge in [-0.1, -0.05) is 39.5 Å². The van der Waals surface area contributed by atoms with Crippen LogP contribution in [0.25, 0.3) is 0 Å². The summed E-state index contributed by atoms with van der Waals surface area (Å²) in [5.74, 6) is 6.04. The highest BCUT2D eigenvalue weighted by molar-refractivity contribution is 5.42. The second-order valence-corrected chi connectivity index (χ2v) is 3.43. The van der Waals surface area contributed by atoms with Crippen LogP contribution in [0.15, 0.2) is 11.1 Å². The molecule has 0 radical (unpaired) electrons. The van der Waals surface area contributed by atoms with E-state index in [4.69, 9.17) is 12.8 Å². The van der Waals surface area contributed by atoms with Crippen LogP contribution in [0.5, 0.6) is 0 Å². The normalized spacial score (nSPS) is 12.3. The monoisotopic (exact) mass is 160 g/mol. The quantitative estimate of drug-likeness (QED) is 0.545. The Morgan fingerprint density at radius 2 is 1.08 bits per heavy atom. The number of hydrogen-bond acceptors (Lipinski definition) is 0. The number of hydrogen-bond donors (Lipinski definition) is 0. The van der Waals surface area contributed by atoms with Gasteiger partial charge in [0.15, 0.2) is 0 Å². The molecule has 0 heterocycles. The predicted molar refractivity (Wildman–Crippen MR) is 54.4 cm³/mol. The Labute approximate surface area is 76.1 Å². The van der Waals surface area contributed by atoms with E-state index in [1.54, 1.807) is 0 Å². The summed E-state index contributed by atoms with van der Waals surface area (Å²) in [5, 5.41) is 0. The maximum Gasteiger partial charge on any atom is 0.0161 e. The van der Waals surface area contributed by atoms with Crippen LogP contribution in [0.4, 0.5) is 0 Å². The maximum atomic E-state index is 5.38. The van der Waals surface area contributed by atoms with Crippen LogP contribution in [0, 0.1) is 36.5 Å². The topological polar surface area (TPSA) is 0 Å². The molecule has 0 spiro atoms. The van der Waals surface area contributed by atoms with Gasteiger partial charge in [0.2, 0.25) is 0 Å². The van der Waals surface area contributed by atoms with Crippen LogP contribution in [0.2, 0.25) is 0 Å². The Morgan fingerprint density at radius 1 is 0.833 bits per heavy atom. The molecule has 0 aromatic rings. The van der Waals surface area contributed by atoms with E-state index in [-0.39, 0.29) is 0 Å². The minimum absolute atomic E-state index is 0.350. The molecular formula is C12H16. The fourth-order valence-corrected chi connectivity index (χ4v) is 1.11. The van der Waals surface area contributed by atoms with Crippen LogP contribution in [-0.2, 0) is 0 Å². The van der Waals surface area contributed by atoms with E-state index < -0.39 is 0 Å². The summed E-state index contributed by atoms with van der Waals surface area (Å²) in [6, 6.07) is 0. The minimum atomic E-state index is 0.350. The highest BCUT2D eigenvalue weighted by Gasteiger charge is 2.09. The molecule has 0 amide bonds. The third kappa shape index (κ3) is 2.48. The van der Waals surface area contributed by atoms with Crippen LogP contribution in [0.1, 0.15) is 27.7 Å². The van der Waals surface area contributed by atoms with E-state index in [2.05, 4.69) is 39.5 Å². The summed E-state index contributed by atoms with van der Waals surface area (Å²) in [5.41, 5.74) is 1.93. The average Bonchev–Trinajstić information content (AvgIpc) is 1.98. The van der Waals surface area contributed by atoms with Gasteiger partial charge in [0.25, 0.3) is 0 Å². The van der Waals surface area contributed by atoms with Gasteiger partial charge in [-0.3, -0.25) is 0 Å². The molecule has 0 aliphatic rings. The van der Waals surface area contributed by atoms with Gasteiger partial charge in [0.1, 0.15) is 0 Å². The molecule has 0 rings (SSSR count). The highest BCUT2D eigenvalue weighted by Crippen LogP contribution is 2.19. The van der Waals surface area contributed by atoms with Crippen LogP contribution >= 0.6 is 0 Å². The van der Waals surface area contributed by atoms with Crippen molar-refractivity contribution >= 4 is 0 Å². The van der Waals surface area contributed by atoms with Crippen molar-refractivity contribution in [2.75, 3.05) is 0 Å². The molecule has 12 heavy (non-hydrogen) atoms.